The fourth-order valence-corrected chi connectivity index (χ4v) is 2.67. The van der Waals surface area contributed by atoms with Gasteiger partial charge in [-0.3, -0.25) is 0 Å². The van der Waals surface area contributed by atoms with Crippen molar-refractivity contribution in [1.82, 2.24) is 0 Å². The standard InChI is InChI=1S/C11H22/c1-8(2)10-6-5-7-11(10)9(3)4/h8-11H,5-7H2,1-4H3/t10-,11-/m0/s1. The number of rotatable bonds is 2. The maximum absolute atomic E-state index is 2.38. The SMILES string of the molecule is CC(C)[C@@H]1CCC[C@H]1C(C)C. The van der Waals surface area contributed by atoms with Crippen molar-refractivity contribution >= 4 is 0 Å². The Hall–Kier alpha value is 0. The van der Waals surface area contributed by atoms with Gasteiger partial charge in [0.05, 0.1) is 0 Å². The molecular formula is C11H22. The van der Waals surface area contributed by atoms with Crippen LogP contribution in [-0.2, 0) is 0 Å². The van der Waals surface area contributed by atoms with E-state index in [0.717, 1.165) is 23.7 Å². The zero-order chi connectivity index (χ0) is 8.43. The second kappa shape index (κ2) is 3.60. The third-order valence-corrected chi connectivity index (χ3v) is 3.34. The predicted octanol–water partition coefficient (Wildman–Crippen LogP) is 3.71. The van der Waals surface area contributed by atoms with E-state index >= 15 is 0 Å². The number of hydrogen-bond donors (Lipinski definition) is 0. The van der Waals surface area contributed by atoms with Crippen LogP contribution in [0.5, 0.6) is 0 Å². The van der Waals surface area contributed by atoms with Crippen LogP contribution in [0.3, 0.4) is 0 Å². The third kappa shape index (κ3) is 1.98. The van der Waals surface area contributed by atoms with E-state index < -0.39 is 0 Å². The van der Waals surface area contributed by atoms with Crippen LogP contribution in [0.4, 0.5) is 0 Å². The molecule has 1 rings (SSSR count). The van der Waals surface area contributed by atoms with E-state index in [1.807, 2.05) is 0 Å². The third-order valence-electron chi connectivity index (χ3n) is 3.34. The maximum Gasteiger partial charge on any atom is -0.0360 e. The summed E-state index contributed by atoms with van der Waals surface area (Å²) in [6, 6.07) is 0. The highest BCUT2D eigenvalue weighted by molar-refractivity contribution is 4.81. The van der Waals surface area contributed by atoms with Crippen LogP contribution < -0.4 is 0 Å². The van der Waals surface area contributed by atoms with E-state index in [1.54, 1.807) is 0 Å². The fraction of sp³-hybridized carbons (Fsp3) is 1.00. The Labute approximate surface area is 71.4 Å². The van der Waals surface area contributed by atoms with Gasteiger partial charge in [-0.1, -0.05) is 34.1 Å². The molecule has 0 aromatic carbocycles. The van der Waals surface area contributed by atoms with E-state index in [9.17, 15) is 0 Å². The molecule has 0 spiro atoms. The minimum absolute atomic E-state index is 0.907. The molecule has 0 bridgehead atoms. The minimum atomic E-state index is 0.907. The first-order valence-electron chi connectivity index (χ1n) is 5.13. The molecule has 2 atom stereocenters. The van der Waals surface area contributed by atoms with Gasteiger partial charge in [0.2, 0.25) is 0 Å². The summed E-state index contributed by atoms with van der Waals surface area (Å²) in [5.41, 5.74) is 0. The first kappa shape index (κ1) is 9.09. The summed E-state index contributed by atoms with van der Waals surface area (Å²) in [4.78, 5) is 0. The molecule has 0 radical (unpaired) electrons. The van der Waals surface area contributed by atoms with Crippen molar-refractivity contribution in [3.8, 4) is 0 Å². The normalized spacial score (nSPS) is 32.2. The van der Waals surface area contributed by atoms with Gasteiger partial charge in [0.1, 0.15) is 0 Å². The van der Waals surface area contributed by atoms with Crippen LogP contribution in [0.1, 0.15) is 47.0 Å². The van der Waals surface area contributed by atoms with Crippen LogP contribution in [0.15, 0.2) is 0 Å². The lowest BCUT2D eigenvalue weighted by atomic mass is 9.80. The molecule has 1 aliphatic carbocycles. The number of hydrogen-bond acceptors (Lipinski definition) is 0. The van der Waals surface area contributed by atoms with Crippen molar-refractivity contribution in [2.75, 3.05) is 0 Å². The van der Waals surface area contributed by atoms with E-state index in [4.69, 9.17) is 0 Å². The second-order valence-corrected chi connectivity index (χ2v) is 4.75. The van der Waals surface area contributed by atoms with E-state index in [-0.39, 0.29) is 0 Å². The van der Waals surface area contributed by atoms with E-state index in [2.05, 4.69) is 27.7 Å². The van der Waals surface area contributed by atoms with Crippen molar-refractivity contribution in [1.29, 1.82) is 0 Å². The lowest BCUT2D eigenvalue weighted by molar-refractivity contribution is 0.235. The van der Waals surface area contributed by atoms with Gasteiger partial charge >= 0.3 is 0 Å². The van der Waals surface area contributed by atoms with Crippen molar-refractivity contribution in [3.63, 3.8) is 0 Å². The van der Waals surface area contributed by atoms with Gasteiger partial charge in [0, 0.05) is 0 Å². The molecule has 0 aromatic rings. The summed E-state index contributed by atoms with van der Waals surface area (Å²) in [5, 5.41) is 0. The molecular weight excluding hydrogens is 132 g/mol. The van der Waals surface area contributed by atoms with Crippen LogP contribution in [-0.4, -0.2) is 0 Å². The van der Waals surface area contributed by atoms with Crippen LogP contribution in [0.25, 0.3) is 0 Å². The Balaban J connectivity index is 2.51. The molecule has 11 heavy (non-hydrogen) atoms. The van der Waals surface area contributed by atoms with Gasteiger partial charge in [0.25, 0.3) is 0 Å². The molecule has 0 nitrogen and oxygen atoms in total. The van der Waals surface area contributed by atoms with Gasteiger partial charge in [0.15, 0.2) is 0 Å². The quantitative estimate of drug-likeness (QED) is 0.568. The van der Waals surface area contributed by atoms with Gasteiger partial charge < -0.3 is 0 Å². The molecule has 0 unspecified atom stereocenters. The van der Waals surface area contributed by atoms with Crippen molar-refractivity contribution in [2.24, 2.45) is 23.7 Å². The van der Waals surface area contributed by atoms with Crippen LogP contribution in [0, 0.1) is 23.7 Å². The second-order valence-electron chi connectivity index (χ2n) is 4.75. The van der Waals surface area contributed by atoms with Crippen molar-refractivity contribution in [2.45, 2.75) is 47.0 Å². The molecule has 0 amide bonds. The predicted molar refractivity (Wildman–Crippen MR) is 50.5 cm³/mol. The average Bonchev–Trinajstić information content (AvgIpc) is 2.32. The zero-order valence-corrected chi connectivity index (χ0v) is 8.43. The summed E-state index contributed by atoms with van der Waals surface area (Å²) in [5.74, 6) is 3.86. The summed E-state index contributed by atoms with van der Waals surface area (Å²) in [6.45, 7) is 9.52. The highest BCUT2D eigenvalue weighted by Crippen LogP contribution is 2.40. The molecule has 0 saturated heterocycles. The van der Waals surface area contributed by atoms with Gasteiger partial charge in [-0.05, 0) is 36.5 Å². The monoisotopic (exact) mass is 154 g/mol. The Bertz CT molecular complexity index is 99.2. The summed E-state index contributed by atoms with van der Waals surface area (Å²) in [7, 11) is 0. The molecule has 0 heterocycles. The summed E-state index contributed by atoms with van der Waals surface area (Å²) < 4.78 is 0. The molecule has 0 heteroatoms. The van der Waals surface area contributed by atoms with E-state index in [1.165, 1.54) is 19.3 Å². The van der Waals surface area contributed by atoms with E-state index in [0.29, 0.717) is 0 Å². The Kier molecular flexibility index (Phi) is 2.98. The molecule has 66 valence electrons. The lowest BCUT2D eigenvalue weighted by Crippen LogP contribution is -2.18. The highest BCUT2D eigenvalue weighted by atomic mass is 14.4. The summed E-state index contributed by atoms with van der Waals surface area (Å²) in [6.07, 6.45) is 4.45. The zero-order valence-electron chi connectivity index (χ0n) is 8.43. The Morgan fingerprint density at radius 3 is 1.45 bits per heavy atom. The van der Waals surface area contributed by atoms with Gasteiger partial charge in [-0.2, -0.15) is 0 Å². The molecule has 1 fully saturated rings. The van der Waals surface area contributed by atoms with Crippen LogP contribution >= 0.6 is 0 Å². The molecule has 1 saturated carbocycles. The Morgan fingerprint density at radius 2 is 1.18 bits per heavy atom. The van der Waals surface area contributed by atoms with Crippen molar-refractivity contribution in [3.05, 3.63) is 0 Å². The minimum Gasteiger partial charge on any atom is -0.0625 e. The fourth-order valence-electron chi connectivity index (χ4n) is 2.67. The maximum atomic E-state index is 2.38. The van der Waals surface area contributed by atoms with Crippen molar-refractivity contribution < 1.29 is 0 Å². The lowest BCUT2D eigenvalue weighted by Gasteiger charge is -2.26. The van der Waals surface area contributed by atoms with Gasteiger partial charge in [-0.25, -0.2) is 0 Å². The molecule has 0 N–H and O–H groups in total. The smallest absolute Gasteiger partial charge is 0.0360 e. The topological polar surface area (TPSA) is 0 Å². The Morgan fingerprint density at radius 1 is 0.818 bits per heavy atom. The largest absolute Gasteiger partial charge is 0.0625 e. The van der Waals surface area contributed by atoms with Crippen LogP contribution in [0.2, 0.25) is 0 Å². The van der Waals surface area contributed by atoms with Gasteiger partial charge in [-0.15, -0.1) is 0 Å². The molecule has 0 aromatic heterocycles. The summed E-state index contributed by atoms with van der Waals surface area (Å²) >= 11 is 0. The highest BCUT2D eigenvalue weighted by Gasteiger charge is 2.31. The first-order valence-corrected chi connectivity index (χ1v) is 5.13. The molecule has 0 aliphatic heterocycles. The average molecular weight is 154 g/mol. The first-order chi connectivity index (χ1) is 5.13. The molecule has 1 aliphatic rings.